The average Bonchev–Trinajstić information content (AvgIpc) is 2.59. The van der Waals surface area contributed by atoms with Crippen LogP contribution in [0.3, 0.4) is 0 Å². The minimum absolute atomic E-state index is 0.786. The number of aromatic nitrogens is 1. The molecule has 1 aliphatic rings. The van der Waals surface area contributed by atoms with Gasteiger partial charge in [0.1, 0.15) is 5.75 Å². The van der Waals surface area contributed by atoms with Gasteiger partial charge < -0.3 is 9.64 Å². The van der Waals surface area contributed by atoms with Gasteiger partial charge in [0.15, 0.2) is 0 Å². The number of ether oxygens (including phenoxy) is 1. The van der Waals surface area contributed by atoms with E-state index in [0.717, 1.165) is 37.2 Å². The van der Waals surface area contributed by atoms with E-state index in [1.165, 1.54) is 30.6 Å². The van der Waals surface area contributed by atoms with Gasteiger partial charge in [0.2, 0.25) is 0 Å². The van der Waals surface area contributed by atoms with Crippen LogP contribution < -0.4 is 4.74 Å². The molecular weight excluding hydrogens is 296 g/mol. The molecule has 0 bridgehead atoms. The first-order valence-corrected chi connectivity index (χ1v) is 9.06. The van der Waals surface area contributed by atoms with Crippen molar-refractivity contribution in [2.45, 2.75) is 26.7 Å². The van der Waals surface area contributed by atoms with Crippen LogP contribution in [-0.4, -0.2) is 36.1 Å². The van der Waals surface area contributed by atoms with Crippen LogP contribution in [0.2, 0.25) is 0 Å². The Balaban J connectivity index is 1.42. The van der Waals surface area contributed by atoms with Crippen molar-refractivity contribution >= 4 is 0 Å². The van der Waals surface area contributed by atoms with Crippen molar-refractivity contribution in [2.24, 2.45) is 11.8 Å². The summed E-state index contributed by atoms with van der Waals surface area (Å²) in [5.41, 5.74) is 2.38. The quantitative estimate of drug-likeness (QED) is 0.732. The second-order valence-electron chi connectivity index (χ2n) is 7.17. The van der Waals surface area contributed by atoms with Gasteiger partial charge in [0, 0.05) is 32.0 Å². The molecule has 1 aliphatic heterocycles. The van der Waals surface area contributed by atoms with E-state index in [4.69, 9.17) is 4.74 Å². The molecule has 3 rings (SSSR count). The number of piperidine rings is 1. The Morgan fingerprint density at radius 1 is 0.958 bits per heavy atom. The molecule has 128 valence electrons. The number of pyridine rings is 1. The Morgan fingerprint density at radius 3 is 2.25 bits per heavy atom. The summed E-state index contributed by atoms with van der Waals surface area (Å²) in [6.07, 6.45) is 6.10. The molecule has 0 radical (unpaired) electrons. The summed E-state index contributed by atoms with van der Waals surface area (Å²) < 4.78 is 5.90. The summed E-state index contributed by atoms with van der Waals surface area (Å²) >= 11 is 0. The van der Waals surface area contributed by atoms with Gasteiger partial charge in [0.05, 0.1) is 6.61 Å². The lowest BCUT2D eigenvalue weighted by molar-refractivity contribution is 0.132. The third-order valence-corrected chi connectivity index (χ3v) is 4.70. The van der Waals surface area contributed by atoms with Gasteiger partial charge in [-0.2, -0.15) is 0 Å². The monoisotopic (exact) mass is 324 g/mol. The van der Waals surface area contributed by atoms with Gasteiger partial charge in [-0.3, -0.25) is 4.98 Å². The number of hydrogen-bond donors (Lipinski definition) is 0. The Kier molecular flexibility index (Phi) is 5.86. The van der Waals surface area contributed by atoms with Crippen LogP contribution in [0, 0.1) is 11.8 Å². The Bertz CT molecular complexity index is 601. The van der Waals surface area contributed by atoms with Gasteiger partial charge in [-0.15, -0.1) is 0 Å². The summed E-state index contributed by atoms with van der Waals surface area (Å²) in [4.78, 5) is 6.65. The molecule has 0 aliphatic carbocycles. The van der Waals surface area contributed by atoms with E-state index >= 15 is 0 Å². The molecule has 3 nitrogen and oxygen atoms in total. The fourth-order valence-corrected chi connectivity index (χ4v) is 3.74. The average molecular weight is 324 g/mol. The van der Waals surface area contributed by atoms with Crippen molar-refractivity contribution in [3.05, 3.63) is 48.8 Å². The summed E-state index contributed by atoms with van der Waals surface area (Å²) in [7, 11) is 0. The summed E-state index contributed by atoms with van der Waals surface area (Å²) in [5, 5.41) is 0. The lowest BCUT2D eigenvalue weighted by atomic mass is 9.92. The molecule has 2 heterocycles. The van der Waals surface area contributed by atoms with Crippen LogP contribution in [0.25, 0.3) is 11.1 Å². The Hall–Kier alpha value is -1.87. The standard InChI is InChI=1S/C21H28N2O/c1-17-14-18(2)16-23(15-17)12-3-13-24-21-6-4-19(5-7-21)20-8-10-22-11-9-20/h4-11,17-18H,3,12-16H2,1-2H3. The normalized spacial score (nSPS) is 21.6. The fourth-order valence-electron chi connectivity index (χ4n) is 3.74. The first-order chi connectivity index (χ1) is 11.7. The minimum Gasteiger partial charge on any atom is -0.494 e. The zero-order chi connectivity index (χ0) is 16.8. The molecule has 1 fully saturated rings. The predicted octanol–water partition coefficient (Wildman–Crippen LogP) is 4.50. The van der Waals surface area contributed by atoms with Gasteiger partial charge in [0.25, 0.3) is 0 Å². The SMILES string of the molecule is CC1CC(C)CN(CCCOc2ccc(-c3ccncc3)cc2)C1. The van der Waals surface area contributed by atoms with E-state index in [0.29, 0.717) is 0 Å². The Labute approximate surface area is 145 Å². The predicted molar refractivity (Wildman–Crippen MR) is 99.2 cm³/mol. The highest BCUT2D eigenvalue weighted by Gasteiger charge is 2.20. The van der Waals surface area contributed by atoms with E-state index in [1.807, 2.05) is 24.5 Å². The maximum atomic E-state index is 5.90. The van der Waals surface area contributed by atoms with Gasteiger partial charge in [-0.05, 0) is 60.1 Å². The van der Waals surface area contributed by atoms with Crippen molar-refractivity contribution in [2.75, 3.05) is 26.2 Å². The number of rotatable bonds is 6. The number of nitrogens with zero attached hydrogens (tertiary/aromatic N) is 2. The maximum absolute atomic E-state index is 5.90. The lowest BCUT2D eigenvalue weighted by Crippen LogP contribution is -2.39. The highest BCUT2D eigenvalue weighted by atomic mass is 16.5. The molecule has 2 atom stereocenters. The first-order valence-electron chi connectivity index (χ1n) is 9.06. The second kappa shape index (κ2) is 8.29. The maximum Gasteiger partial charge on any atom is 0.119 e. The molecule has 1 aromatic carbocycles. The van der Waals surface area contributed by atoms with Crippen LogP contribution in [0.4, 0.5) is 0 Å². The minimum atomic E-state index is 0.786. The largest absolute Gasteiger partial charge is 0.494 e. The molecule has 2 unspecified atom stereocenters. The third kappa shape index (κ3) is 4.81. The molecule has 24 heavy (non-hydrogen) atoms. The molecular formula is C21H28N2O. The molecule has 0 spiro atoms. The van der Waals surface area contributed by atoms with Crippen LogP contribution in [-0.2, 0) is 0 Å². The van der Waals surface area contributed by atoms with Crippen LogP contribution in [0.15, 0.2) is 48.8 Å². The van der Waals surface area contributed by atoms with Crippen LogP contribution in [0.5, 0.6) is 5.75 Å². The second-order valence-corrected chi connectivity index (χ2v) is 7.17. The molecule has 2 aromatic rings. The van der Waals surface area contributed by atoms with Crippen molar-refractivity contribution in [3.63, 3.8) is 0 Å². The molecule has 3 heteroatoms. The summed E-state index contributed by atoms with van der Waals surface area (Å²) in [6, 6.07) is 12.4. The van der Waals surface area contributed by atoms with Crippen molar-refractivity contribution in [1.29, 1.82) is 0 Å². The zero-order valence-electron chi connectivity index (χ0n) is 14.8. The zero-order valence-corrected chi connectivity index (χ0v) is 14.8. The van der Waals surface area contributed by atoms with Crippen LogP contribution in [0.1, 0.15) is 26.7 Å². The summed E-state index contributed by atoms with van der Waals surface area (Å²) in [5.74, 6) is 2.61. The highest BCUT2D eigenvalue weighted by molar-refractivity contribution is 5.63. The fraction of sp³-hybridized carbons (Fsp3) is 0.476. The smallest absolute Gasteiger partial charge is 0.119 e. The summed E-state index contributed by atoms with van der Waals surface area (Å²) in [6.45, 7) is 9.14. The van der Waals surface area contributed by atoms with E-state index in [1.54, 1.807) is 0 Å². The number of likely N-dealkylation sites (tertiary alicyclic amines) is 1. The van der Waals surface area contributed by atoms with E-state index in [2.05, 4.69) is 48.0 Å². The molecule has 1 aromatic heterocycles. The van der Waals surface area contributed by atoms with Gasteiger partial charge in [-0.1, -0.05) is 26.0 Å². The lowest BCUT2D eigenvalue weighted by Gasteiger charge is -2.34. The van der Waals surface area contributed by atoms with Crippen LogP contribution >= 0.6 is 0 Å². The molecule has 0 N–H and O–H groups in total. The van der Waals surface area contributed by atoms with E-state index in [9.17, 15) is 0 Å². The topological polar surface area (TPSA) is 25.4 Å². The van der Waals surface area contributed by atoms with E-state index in [-0.39, 0.29) is 0 Å². The number of hydrogen-bond acceptors (Lipinski definition) is 3. The Morgan fingerprint density at radius 2 is 1.58 bits per heavy atom. The molecule has 0 amide bonds. The van der Waals surface area contributed by atoms with Gasteiger partial charge >= 0.3 is 0 Å². The third-order valence-electron chi connectivity index (χ3n) is 4.70. The first kappa shape index (κ1) is 17.0. The highest BCUT2D eigenvalue weighted by Crippen LogP contribution is 2.22. The number of benzene rings is 1. The van der Waals surface area contributed by atoms with Crippen molar-refractivity contribution in [3.8, 4) is 16.9 Å². The molecule has 1 saturated heterocycles. The van der Waals surface area contributed by atoms with Crippen molar-refractivity contribution in [1.82, 2.24) is 9.88 Å². The van der Waals surface area contributed by atoms with Crippen molar-refractivity contribution < 1.29 is 4.74 Å². The van der Waals surface area contributed by atoms with Gasteiger partial charge in [-0.25, -0.2) is 0 Å². The van der Waals surface area contributed by atoms with E-state index < -0.39 is 0 Å². The molecule has 0 saturated carbocycles.